The molecule has 0 bridgehead atoms. The molecule has 1 saturated heterocycles. The molecular formula is C18H25N3O4. The lowest BCUT2D eigenvalue weighted by Crippen LogP contribution is -2.49. The summed E-state index contributed by atoms with van der Waals surface area (Å²) in [6.07, 6.45) is 0.635. The van der Waals surface area contributed by atoms with Crippen molar-refractivity contribution in [2.24, 2.45) is 5.10 Å². The van der Waals surface area contributed by atoms with E-state index in [4.69, 9.17) is 4.74 Å². The molecule has 0 aromatic heterocycles. The molecule has 1 aromatic carbocycles. The maximum atomic E-state index is 11.9. The lowest BCUT2D eigenvalue weighted by molar-refractivity contribution is -0.145. The third kappa shape index (κ3) is 5.37. The number of rotatable bonds is 6. The second kappa shape index (κ2) is 8.73. The summed E-state index contributed by atoms with van der Waals surface area (Å²) < 4.78 is 4.75. The van der Waals surface area contributed by atoms with Crippen LogP contribution in [0.3, 0.4) is 0 Å². The highest BCUT2D eigenvalue weighted by molar-refractivity contribution is 6.07. The molecule has 136 valence electrons. The molecule has 7 nitrogen and oxygen atoms in total. The lowest BCUT2D eigenvalue weighted by atomic mass is 9.83. The zero-order chi connectivity index (χ0) is 18.3. The summed E-state index contributed by atoms with van der Waals surface area (Å²) in [7, 11) is 2.00. The molecule has 1 aliphatic heterocycles. The Morgan fingerprint density at radius 1 is 1.28 bits per heavy atom. The first-order valence-corrected chi connectivity index (χ1v) is 8.43. The first-order chi connectivity index (χ1) is 11.9. The van der Waals surface area contributed by atoms with Crippen LogP contribution in [0.1, 0.15) is 31.7 Å². The van der Waals surface area contributed by atoms with Gasteiger partial charge in [0.15, 0.2) is 0 Å². The molecule has 1 aromatic rings. The molecule has 7 heteroatoms. The minimum absolute atomic E-state index is 0.220. The van der Waals surface area contributed by atoms with Gasteiger partial charge in [0.05, 0.1) is 12.3 Å². The van der Waals surface area contributed by atoms with E-state index in [1.807, 2.05) is 37.4 Å². The van der Waals surface area contributed by atoms with Gasteiger partial charge in [0.1, 0.15) is 12.0 Å². The van der Waals surface area contributed by atoms with Gasteiger partial charge >= 0.3 is 5.97 Å². The number of hydrogen-bond acceptors (Lipinski definition) is 6. The summed E-state index contributed by atoms with van der Waals surface area (Å²) >= 11 is 0. The Hall–Kier alpha value is -2.25. The Labute approximate surface area is 147 Å². The van der Waals surface area contributed by atoms with Gasteiger partial charge in [-0.1, -0.05) is 30.3 Å². The predicted octanol–water partition coefficient (Wildman–Crippen LogP) is 0.917. The molecule has 2 rings (SSSR count). The van der Waals surface area contributed by atoms with Crippen molar-refractivity contribution in [2.45, 2.75) is 31.8 Å². The van der Waals surface area contributed by atoms with Crippen LogP contribution < -0.4 is 5.43 Å². The van der Waals surface area contributed by atoms with Crippen LogP contribution in [0.2, 0.25) is 0 Å². The van der Waals surface area contributed by atoms with Crippen molar-refractivity contribution >= 4 is 17.6 Å². The second-order valence-corrected chi connectivity index (χ2v) is 6.18. The zero-order valence-corrected chi connectivity index (χ0v) is 14.7. The number of aliphatic hydroxyl groups is 1. The summed E-state index contributed by atoms with van der Waals surface area (Å²) in [6.45, 7) is 3.37. The summed E-state index contributed by atoms with van der Waals surface area (Å²) in [5.74, 6) is -1.17. The van der Waals surface area contributed by atoms with Crippen LogP contribution >= 0.6 is 0 Å². The molecule has 1 heterocycles. The Kier molecular flexibility index (Phi) is 6.66. The topological polar surface area (TPSA) is 91.2 Å². The molecule has 25 heavy (non-hydrogen) atoms. The van der Waals surface area contributed by atoms with Crippen LogP contribution in [0.4, 0.5) is 0 Å². The minimum Gasteiger partial charge on any atom is -0.466 e. The first kappa shape index (κ1) is 19.1. The summed E-state index contributed by atoms with van der Waals surface area (Å²) in [4.78, 5) is 25.4. The molecule has 0 unspecified atom stereocenters. The van der Waals surface area contributed by atoms with E-state index in [0.29, 0.717) is 18.6 Å². The molecule has 1 amide bonds. The number of carbonyl (C=O) groups excluding carboxylic acids is 2. The Balaban J connectivity index is 2.18. The van der Waals surface area contributed by atoms with Crippen molar-refractivity contribution in [3.05, 3.63) is 35.9 Å². The maximum Gasteiger partial charge on any atom is 0.315 e. The number of ether oxygens (including phenoxy) is 1. The van der Waals surface area contributed by atoms with Crippen molar-refractivity contribution in [2.75, 3.05) is 26.7 Å². The summed E-state index contributed by atoms with van der Waals surface area (Å²) in [5, 5.41) is 15.2. The molecule has 0 aliphatic carbocycles. The average molecular weight is 347 g/mol. The number of nitrogens with zero attached hydrogens (tertiary/aromatic N) is 2. The monoisotopic (exact) mass is 347 g/mol. The number of carbonyl (C=O) groups is 2. The largest absolute Gasteiger partial charge is 0.466 e. The van der Waals surface area contributed by atoms with Crippen LogP contribution in [0.5, 0.6) is 0 Å². The molecule has 2 N–H and O–H groups in total. The van der Waals surface area contributed by atoms with E-state index in [-0.39, 0.29) is 6.61 Å². The van der Waals surface area contributed by atoms with Gasteiger partial charge in [-0.15, -0.1) is 0 Å². The number of benzene rings is 1. The number of piperidine rings is 1. The fourth-order valence-corrected chi connectivity index (χ4v) is 2.76. The first-order valence-electron chi connectivity index (χ1n) is 8.43. The molecular weight excluding hydrogens is 322 g/mol. The van der Waals surface area contributed by atoms with E-state index in [9.17, 15) is 14.7 Å². The molecule has 1 aliphatic rings. The molecule has 1 fully saturated rings. The van der Waals surface area contributed by atoms with Crippen LogP contribution in [-0.4, -0.2) is 59.9 Å². The fourth-order valence-electron chi connectivity index (χ4n) is 2.76. The van der Waals surface area contributed by atoms with Gasteiger partial charge in [0.25, 0.3) is 5.91 Å². The van der Waals surface area contributed by atoms with Crippen molar-refractivity contribution in [3.8, 4) is 0 Å². The van der Waals surface area contributed by atoms with Gasteiger partial charge in [0, 0.05) is 18.7 Å². The van der Waals surface area contributed by atoms with Gasteiger partial charge in [0.2, 0.25) is 0 Å². The van der Waals surface area contributed by atoms with Gasteiger partial charge in [-0.05, 0) is 26.8 Å². The smallest absolute Gasteiger partial charge is 0.315 e. The Bertz CT molecular complexity index is 622. The van der Waals surface area contributed by atoms with E-state index in [2.05, 4.69) is 15.4 Å². The van der Waals surface area contributed by atoms with Crippen molar-refractivity contribution in [3.63, 3.8) is 0 Å². The SMILES string of the molecule is CCOC(=O)CC(=O)N/N=C(/c1ccccc1)C1(O)CCN(C)CC1. The van der Waals surface area contributed by atoms with E-state index in [1.54, 1.807) is 6.92 Å². The second-order valence-electron chi connectivity index (χ2n) is 6.18. The van der Waals surface area contributed by atoms with Crippen LogP contribution in [0.15, 0.2) is 35.4 Å². The number of nitrogens with one attached hydrogen (secondary N) is 1. The molecule has 0 saturated carbocycles. The predicted molar refractivity (Wildman–Crippen MR) is 94.1 cm³/mol. The van der Waals surface area contributed by atoms with E-state index in [0.717, 1.165) is 18.7 Å². The highest BCUT2D eigenvalue weighted by atomic mass is 16.5. The van der Waals surface area contributed by atoms with Gasteiger partial charge in [-0.3, -0.25) is 9.59 Å². The van der Waals surface area contributed by atoms with Crippen LogP contribution in [0.25, 0.3) is 0 Å². The number of likely N-dealkylation sites (tertiary alicyclic amines) is 1. The molecule has 0 spiro atoms. The number of esters is 1. The quantitative estimate of drug-likeness (QED) is 0.346. The Morgan fingerprint density at radius 2 is 1.92 bits per heavy atom. The summed E-state index contributed by atoms with van der Waals surface area (Å²) in [5.41, 5.74) is 2.42. The van der Waals surface area contributed by atoms with E-state index < -0.39 is 23.9 Å². The van der Waals surface area contributed by atoms with Gasteiger partial charge < -0.3 is 14.7 Å². The van der Waals surface area contributed by atoms with Crippen molar-refractivity contribution < 1.29 is 19.4 Å². The molecule has 0 radical (unpaired) electrons. The summed E-state index contributed by atoms with van der Waals surface area (Å²) in [6, 6.07) is 9.26. The standard InChI is InChI=1S/C18H25N3O4/c1-3-25-16(23)13-15(22)19-20-17(14-7-5-4-6-8-14)18(24)9-11-21(2)12-10-18/h4-8,24H,3,9-13H2,1-2H3,(H,19,22)/b20-17-. The number of hydrazone groups is 1. The lowest BCUT2D eigenvalue weighted by Gasteiger charge is -2.37. The van der Waals surface area contributed by atoms with Crippen molar-refractivity contribution in [1.29, 1.82) is 0 Å². The normalized spacial score (nSPS) is 17.8. The highest BCUT2D eigenvalue weighted by Crippen LogP contribution is 2.26. The third-order valence-corrected chi connectivity index (χ3v) is 4.20. The van der Waals surface area contributed by atoms with Crippen LogP contribution in [-0.2, 0) is 14.3 Å². The number of amides is 1. The average Bonchev–Trinajstić information content (AvgIpc) is 2.59. The Morgan fingerprint density at radius 3 is 2.52 bits per heavy atom. The maximum absolute atomic E-state index is 11.9. The fraction of sp³-hybridized carbons (Fsp3) is 0.500. The van der Waals surface area contributed by atoms with Gasteiger partial charge in [-0.25, -0.2) is 5.43 Å². The minimum atomic E-state index is -1.12. The van der Waals surface area contributed by atoms with E-state index in [1.165, 1.54) is 0 Å². The third-order valence-electron chi connectivity index (χ3n) is 4.20. The van der Waals surface area contributed by atoms with E-state index >= 15 is 0 Å². The molecule has 0 atom stereocenters. The highest BCUT2D eigenvalue weighted by Gasteiger charge is 2.37. The number of hydrogen-bond donors (Lipinski definition) is 2. The van der Waals surface area contributed by atoms with Gasteiger partial charge in [-0.2, -0.15) is 5.10 Å². The van der Waals surface area contributed by atoms with Crippen LogP contribution in [0, 0.1) is 0 Å². The zero-order valence-electron chi connectivity index (χ0n) is 14.7. The van der Waals surface area contributed by atoms with Crippen molar-refractivity contribution in [1.82, 2.24) is 10.3 Å².